The lowest BCUT2D eigenvalue weighted by Gasteiger charge is -2.12. The molecule has 0 bridgehead atoms. The van der Waals surface area contributed by atoms with E-state index < -0.39 is 26.1 Å². The van der Waals surface area contributed by atoms with Gasteiger partial charge in [0.05, 0.1) is 15.0 Å². The van der Waals surface area contributed by atoms with Crippen LogP contribution >= 0.6 is 12.2 Å². The highest BCUT2D eigenvalue weighted by Crippen LogP contribution is 2.35. The van der Waals surface area contributed by atoms with Gasteiger partial charge in [-0.25, -0.2) is 4.21 Å². The van der Waals surface area contributed by atoms with Crippen LogP contribution in [-0.4, -0.2) is 19.2 Å². The van der Waals surface area contributed by atoms with E-state index in [1.807, 2.05) is 0 Å². The van der Waals surface area contributed by atoms with Crippen molar-refractivity contribution in [1.29, 1.82) is 0 Å². The summed E-state index contributed by atoms with van der Waals surface area (Å²) in [6.45, 7) is 0. The van der Waals surface area contributed by atoms with Crippen molar-refractivity contribution < 1.29 is 22.3 Å². The van der Waals surface area contributed by atoms with E-state index in [0.29, 0.717) is 22.3 Å². The maximum atomic E-state index is 12.8. The van der Waals surface area contributed by atoms with Gasteiger partial charge >= 0.3 is 5.51 Å². The number of hydrogen-bond donors (Lipinski definition) is 0. The number of para-hydroxylation sites is 1. The van der Waals surface area contributed by atoms with Crippen LogP contribution in [0.1, 0.15) is 0 Å². The quantitative estimate of drug-likeness (QED) is 0.301. The lowest BCUT2D eigenvalue weighted by molar-refractivity contribution is -0.384. The molecule has 1 heterocycles. The number of nitro groups is 1. The van der Waals surface area contributed by atoms with Gasteiger partial charge in [0.15, 0.2) is 10.8 Å². The fourth-order valence-electron chi connectivity index (χ4n) is 2.88. The third kappa shape index (κ3) is 4.28. The highest BCUT2D eigenvalue weighted by atomic mass is 32.2. The van der Waals surface area contributed by atoms with Crippen LogP contribution in [0.15, 0.2) is 65.8 Å². The van der Waals surface area contributed by atoms with E-state index >= 15 is 0 Å². The highest BCUT2D eigenvalue weighted by Gasteiger charge is 2.38. The van der Waals surface area contributed by atoms with Gasteiger partial charge in [0.1, 0.15) is 0 Å². The number of nitro benzene ring substituents is 1. The molecule has 0 amide bonds. The molecular weight excluding hydrogens is 425 g/mol. The molecule has 0 radical (unpaired) electrons. The second-order valence-corrected chi connectivity index (χ2v) is 7.98. The molecule has 5 nitrogen and oxygen atoms in total. The van der Waals surface area contributed by atoms with Crippen molar-refractivity contribution in [1.82, 2.24) is 4.57 Å². The Kier molecular flexibility index (Phi) is 5.67. The molecule has 0 fully saturated rings. The smallest absolute Gasteiger partial charge is 0.356 e. The Bertz CT molecular complexity index is 1190. The molecule has 29 heavy (non-hydrogen) atoms. The summed E-state index contributed by atoms with van der Waals surface area (Å²) in [5, 5.41) is 11.4. The second-order valence-electron chi connectivity index (χ2n) is 6.10. The Morgan fingerprint density at radius 2 is 1.69 bits per heavy atom. The minimum atomic E-state index is -4.88. The van der Waals surface area contributed by atoms with E-state index in [1.165, 1.54) is 18.2 Å². The first-order valence-electron chi connectivity index (χ1n) is 8.12. The van der Waals surface area contributed by atoms with Crippen LogP contribution in [0.3, 0.4) is 0 Å². The van der Waals surface area contributed by atoms with Crippen molar-refractivity contribution >= 4 is 28.7 Å². The molecule has 10 heteroatoms. The Morgan fingerprint density at radius 1 is 1.03 bits per heavy atom. The van der Waals surface area contributed by atoms with Crippen LogP contribution in [0.2, 0.25) is 0 Å². The van der Waals surface area contributed by atoms with Gasteiger partial charge in [0.2, 0.25) is 0 Å². The summed E-state index contributed by atoms with van der Waals surface area (Å²) in [6, 6.07) is 11.3. The maximum absolute atomic E-state index is 12.8. The standard InChI is InChI=1S/C19H13F3N2O3S2/c1-23-10-15(12-5-4-6-13(9-12)29(27)19(20,21)22)18(28)16(11-23)14-7-2-3-8-17(14)24(25)26/h2-11H,1H3. The van der Waals surface area contributed by atoms with Crippen LogP contribution in [0.5, 0.6) is 0 Å². The van der Waals surface area contributed by atoms with Crippen LogP contribution in [0.4, 0.5) is 18.9 Å². The van der Waals surface area contributed by atoms with Gasteiger partial charge in [0.25, 0.3) is 5.69 Å². The van der Waals surface area contributed by atoms with Crippen LogP contribution in [0.25, 0.3) is 22.3 Å². The fraction of sp³-hybridized carbons (Fsp3) is 0.105. The zero-order valence-electron chi connectivity index (χ0n) is 14.8. The summed E-state index contributed by atoms with van der Waals surface area (Å²) < 4.78 is 52.0. The van der Waals surface area contributed by atoms with Gasteiger partial charge in [-0.3, -0.25) is 10.1 Å². The average Bonchev–Trinajstić information content (AvgIpc) is 2.68. The van der Waals surface area contributed by atoms with Gasteiger partial charge in [-0.1, -0.05) is 36.5 Å². The third-order valence-corrected chi connectivity index (χ3v) is 5.66. The minimum Gasteiger partial charge on any atom is -0.356 e. The summed E-state index contributed by atoms with van der Waals surface area (Å²) in [6.07, 6.45) is 3.22. The summed E-state index contributed by atoms with van der Waals surface area (Å²) in [5.41, 5.74) is -3.58. The molecule has 0 aliphatic rings. The van der Waals surface area contributed by atoms with Crippen molar-refractivity contribution in [2.24, 2.45) is 7.05 Å². The molecule has 0 N–H and O–H groups in total. The number of pyridine rings is 1. The highest BCUT2D eigenvalue weighted by molar-refractivity contribution is 7.86. The molecule has 1 aromatic heterocycles. The van der Waals surface area contributed by atoms with Gasteiger partial charge in [-0.2, -0.15) is 13.2 Å². The van der Waals surface area contributed by atoms with Crippen molar-refractivity contribution in [2.45, 2.75) is 10.4 Å². The number of nitrogens with zero attached hydrogens (tertiary/aromatic N) is 2. The summed E-state index contributed by atoms with van der Waals surface area (Å²) in [7, 11) is -1.50. The Hall–Kier alpha value is -2.85. The molecule has 3 rings (SSSR count). The lowest BCUT2D eigenvalue weighted by atomic mass is 10.0. The van der Waals surface area contributed by atoms with Crippen molar-refractivity contribution in [3.8, 4) is 22.3 Å². The lowest BCUT2D eigenvalue weighted by Crippen LogP contribution is -2.16. The summed E-state index contributed by atoms with van der Waals surface area (Å²) >= 11 is 5.51. The van der Waals surface area contributed by atoms with E-state index in [9.17, 15) is 27.5 Å². The average molecular weight is 438 g/mol. The molecule has 0 aliphatic carbocycles. The molecule has 0 saturated carbocycles. The second kappa shape index (κ2) is 7.88. The maximum Gasteiger partial charge on any atom is 0.475 e. The molecule has 0 spiro atoms. The molecule has 150 valence electrons. The molecule has 0 aliphatic heterocycles. The topological polar surface area (TPSA) is 65.1 Å². The summed E-state index contributed by atoms with van der Waals surface area (Å²) in [4.78, 5) is 10.5. The Morgan fingerprint density at radius 3 is 2.34 bits per heavy atom. The molecular formula is C19H13F3N2O3S2. The SMILES string of the molecule is Cn1cc(-c2cccc(S(=O)C(F)(F)F)c2)c(=S)c(-c2ccccc2[N+](=O)[O-])c1. The molecule has 1 atom stereocenters. The normalized spacial score (nSPS) is 12.6. The van der Waals surface area contributed by atoms with E-state index in [0.717, 1.165) is 12.1 Å². The fourth-order valence-corrected chi connectivity index (χ4v) is 3.91. The zero-order valence-corrected chi connectivity index (χ0v) is 16.5. The minimum absolute atomic E-state index is 0.136. The summed E-state index contributed by atoms with van der Waals surface area (Å²) in [5.74, 6) is 0. The third-order valence-electron chi connectivity index (χ3n) is 4.11. The Balaban J connectivity index is 2.21. The number of halogens is 3. The number of rotatable bonds is 4. The molecule has 0 saturated heterocycles. The van der Waals surface area contributed by atoms with Gasteiger partial charge in [-0.05, 0) is 23.8 Å². The monoisotopic (exact) mass is 438 g/mol. The predicted octanol–water partition coefficient (Wildman–Crippen LogP) is 5.62. The van der Waals surface area contributed by atoms with Gasteiger partial charge < -0.3 is 4.57 Å². The van der Waals surface area contributed by atoms with Gasteiger partial charge in [0, 0.05) is 41.5 Å². The number of hydrogen-bond acceptors (Lipinski definition) is 4. The van der Waals surface area contributed by atoms with Crippen LogP contribution < -0.4 is 0 Å². The molecule has 3 aromatic rings. The first-order valence-corrected chi connectivity index (χ1v) is 9.68. The van der Waals surface area contributed by atoms with Gasteiger partial charge in [-0.15, -0.1) is 0 Å². The van der Waals surface area contributed by atoms with E-state index in [4.69, 9.17) is 12.2 Å². The van der Waals surface area contributed by atoms with E-state index in [-0.39, 0.29) is 10.2 Å². The number of benzene rings is 2. The van der Waals surface area contributed by atoms with Crippen molar-refractivity contribution in [3.05, 3.63) is 75.5 Å². The molecule has 2 aromatic carbocycles. The largest absolute Gasteiger partial charge is 0.475 e. The first kappa shape index (κ1) is 20.9. The van der Waals surface area contributed by atoms with E-state index in [1.54, 1.807) is 42.2 Å². The predicted molar refractivity (Wildman–Crippen MR) is 106 cm³/mol. The number of alkyl halides is 3. The van der Waals surface area contributed by atoms with E-state index in [2.05, 4.69) is 0 Å². The molecule has 1 unspecified atom stereocenters. The first-order chi connectivity index (χ1) is 13.6. The van der Waals surface area contributed by atoms with Crippen molar-refractivity contribution in [2.75, 3.05) is 0 Å². The zero-order chi connectivity index (χ0) is 21.3. The number of aryl methyl sites for hydroxylation is 1. The van der Waals surface area contributed by atoms with Crippen LogP contribution in [0, 0.1) is 14.6 Å². The van der Waals surface area contributed by atoms with Crippen LogP contribution in [-0.2, 0) is 17.8 Å². The Labute approximate surface area is 171 Å². The number of aromatic nitrogens is 1. The van der Waals surface area contributed by atoms with Crippen molar-refractivity contribution in [3.63, 3.8) is 0 Å².